The van der Waals surface area contributed by atoms with Crippen LogP contribution >= 0.6 is 0 Å². The first-order valence-electron chi connectivity index (χ1n) is 10.1. The van der Waals surface area contributed by atoms with E-state index in [0.29, 0.717) is 29.0 Å². The highest BCUT2D eigenvalue weighted by Crippen LogP contribution is 2.19. The first-order valence-corrected chi connectivity index (χ1v) is 10.1. The molecule has 0 aliphatic carbocycles. The summed E-state index contributed by atoms with van der Waals surface area (Å²) in [5, 5.41) is 3.48. The quantitative estimate of drug-likeness (QED) is 0.309. The fourth-order valence-electron chi connectivity index (χ4n) is 2.87. The standard InChI is InChI=1S/C24H23NO7/c1-15(2)11-22(27)25-18-7-3-16(4-8-18)20(26)13-31-24(29)14-30-19-9-5-17-6-10-23(28)32-21(17)12-19/h3-10,12,15H,11,13-14H2,1-2H3,(H,25,27). The lowest BCUT2D eigenvalue weighted by Crippen LogP contribution is -2.19. The monoisotopic (exact) mass is 437 g/mol. The molecule has 1 N–H and O–H groups in total. The molecule has 2 aromatic carbocycles. The maximum atomic E-state index is 12.2. The molecule has 0 aliphatic rings. The van der Waals surface area contributed by atoms with Gasteiger partial charge in [-0.25, -0.2) is 9.59 Å². The van der Waals surface area contributed by atoms with E-state index >= 15 is 0 Å². The number of amides is 1. The molecule has 0 saturated carbocycles. The number of fused-ring (bicyclic) bond motifs is 1. The first kappa shape index (κ1) is 22.7. The molecule has 1 amide bonds. The second-order valence-corrected chi connectivity index (χ2v) is 7.55. The SMILES string of the molecule is CC(C)CC(=O)Nc1ccc(C(=O)COC(=O)COc2ccc3ccc(=O)oc3c2)cc1. The van der Waals surface area contributed by atoms with E-state index in [-0.39, 0.29) is 17.6 Å². The lowest BCUT2D eigenvalue weighted by molar-refractivity contribution is -0.144. The Morgan fingerprint density at radius 1 is 0.969 bits per heavy atom. The summed E-state index contributed by atoms with van der Waals surface area (Å²) in [5.41, 5.74) is 0.787. The molecule has 0 radical (unpaired) electrons. The number of ketones is 1. The van der Waals surface area contributed by atoms with E-state index in [1.54, 1.807) is 42.5 Å². The van der Waals surface area contributed by atoms with Gasteiger partial charge < -0.3 is 19.2 Å². The van der Waals surface area contributed by atoms with Gasteiger partial charge in [0.2, 0.25) is 5.91 Å². The summed E-state index contributed by atoms with van der Waals surface area (Å²) in [6.07, 6.45) is 0.409. The summed E-state index contributed by atoms with van der Waals surface area (Å²) < 4.78 is 15.4. The number of hydrogen-bond acceptors (Lipinski definition) is 7. The van der Waals surface area contributed by atoms with E-state index < -0.39 is 24.8 Å². The predicted octanol–water partition coefficient (Wildman–Crippen LogP) is 3.58. The highest BCUT2D eigenvalue weighted by atomic mass is 16.6. The third kappa shape index (κ3) is 6.53. The highest BCUT2D eigenvalue weighted by Gasteiger charge is 2.12. The van der Waals surface area contributed by atoms with Crippen molar-refractivity contribution in [3.63, 3.8) is 0 Å². The second-order valence-electron chi connectivity index (χ2n) is 7.55. The Kier molecular flexibility index (Phi) is 7.38. The minimum Gasteiger partial charge on any atom is -0.482 e. The Balaban J connectivity index is 1.46. The van der Waals surface area contributed by atoms with Crippen LogP contribution < -0.4 is 15.7 Å². The highest BCUT2D eigenvalue weighted by molar-refractivity contribution is 5.99. The topological polar surface area (TPSA) is 112 Å². The molecule has 8 heteroatoms. The van der Waals surface area contributed by atoms with Gasteiger partial charge in [0.25, 0.3) is 0 Å². The van der Waals surface area contributed by atoms with Crippen LogP contribution in [0.4, 0.5) is 5.69 Å². The molecule has 3 rings (SSSR count). The van der Waals surface area contributed by atoms with Gasteiger partial charge in [0.15, 0.2) is 19.0 Å². The van der Waals surface area contributed by atoms with E-state index in [4.69, 9.17) is 13.9 Å². The number of esters is 1. The van der Waals surface area contributed by atoms with Crippen molar-refractivity contribution < 1.29 is 28.3 Å². The zero-order valence-corrected chi connectivity index (χ0v) is 17.8. The van der Waals surface area contributed by atoms with Gasteiger partial charge in [-0.2, -0.15) is 0 Å². The smallest absolute Gasteiger partial charge is 0.344 e. The number of anilines is 1. The van der Waals surface area contributed by atoms with Gasteiger partial charge in [-0.3, -0.25) is 9.59 Å². The number of rotatable bonds is 9. The van der Waals surface area contributed by atoms with Crippen molar-refractivity contribution in [1.29, 1.82) is 0 Å². The number of hydrogen-bond donors (Lipinski definition) is 1. The van der Waals surface area contributed by atoms with Crippen molar-refractivity contribution in [3.8, 4) is 5.75 Å². The molecule has 0 unspecified atom stereocenters. The second kappa shape index (κ2) is 10.4. The maximum Gasteiger partial charge on any atom is 0.344 e. The Labute approximate surface area is 184 Å². The average Bonchev–Trinajstić information content (AvgIpc) is 2.75. The van der Waals surface area contributed by atoms with Crippen molar-refractivity contribution in [3.05, 3.63) is 70.6 Å². The molecular weight excluding hydrogens is 414 g/mol. The minimum absolute atomic E-state index is 0.0958. The van der Waals surface area contributed by atoms with Crippen molar-refractivity contribution in [2.45, 2.75) is 20.3 Å². The molecule has 0 fully saturated rings. The van der Waals surface area contributed by atoms with Crippen molar-refractivity contribution >= 4 is 34.3 Å². The fourth-order valence-corrected chi connectivity index (χ4v) is 2.87. The van der Waals surface area contributed by atoms with Crippen molar-refractivity contribution in [2.24, 2.45) is 5.92 Å². The van der Waals surface area contributed by atoms with E-state index in [0.717, 1.165) is 5.39 Å². The lowest BCUT2D eigenvalue weighted by Gasteiger charge is -2.09. The van der Waals surface area contributed by atoms with Gasteiger partial charge >= 0.3 is 11.6 Å². The van der Waals surface area contributed by atoms with Gasteiger partial charge in [0, 0.05) is 35.2 Å². The maximum absolute atomic E-state index is 12.2. The van der Waals surface area contributed by atoms with E-state index in [9.17, 15) is 19.2 Å². The Morgan fingerprint density at radius 3 is 2.41 bits per heavy atom. The van der Waals surface area contributed by atoms with Gasteiger partial charge in [0.05, 0.1) is 0 Å². The zero-order chi connectivity index (χ0) is 23.1. The number of nitrogens with one attached hydrogen (secondary N) is 1. The third-order valence-electron chi connectivity index (χ3n) is 4.40. The minimum atomic E-state index is -0.717. The van der Waals surface area contributed by atoms with Crippen LogP contribution in [0.1, 0.15) is 30.6 Å². The van der Waals surface area contributed by atoms with Crippen molar-refractivity contribution in [2.75, 3.05) is 18.5 Å². The van der Waals surface area contributed by atoms with Crippen LogP contribution in [-0.2, 0) is 14.3 Å². The molecule has 32 heavy (non-hydrogen) atoms. The molecule has 1 aromatic heterocycles. The van der Waals surface area contributed by atoms with Crippen LogP contribution in [-0.4, -0.2) is 30.9 Å². The molecule has 0 saturated heterocycles. The van der Waals surface area contributed by atoms with Crippen LogP contribution in [0.2, 0.25) is 0 Å². The summed E-state index contributed by atoms with van der Waals surface area (Å²) in [6.45, 7) is 3.06. The molecule has 8 nitrogen and oxygen atoms in total. The number of benzene rings is 2. The van der Waals surface area contributed by atoms with Crippen LogP contribution in [0.5, 0.6) is 5.75 Å². The van der Waals surface area contributed by atoms with Gasteiger partial charge in [-0.05, 0) is 48.4 Å². The van der Waals surface area contributed by atoms with Crippen LogP contribution in [0.15, 0.2) is 63.8 Å². The lowest BCUT2D eigenvalue weighted by atomic mass is 10.1. The van der Waals surface area contributed by atoms with E-state index in [1.807, 2.05) is 13.8 Å². The average molecular weight is 437 g/mol. The van der Waals surface area contributed by atoms with Crippen LogP contribution in [0.3, 0.4) is 0 Å². The number of Topliss-reactive ketones (excluding diaryl/α,β-unsaturated/α-hetero) is 1. The summed E-state index contributed by atoms with van der Waals surface area (Å²) >= 11 is 0. The molecular formula is C24H23NO7. The molecule has 166 valence electrons. The fraction of sp³-hybridized carbons (Fsp3) is 0.250. The summed E-state index contributed by atoms with van der Waals surface area (Å²) in [4.78, 5) is 47.2. The summed E-state index contributed by atoms with van der Waals surface area (Å²) in [6, 6.07) is 14.1. The van der Waals surface area contributed by atoms with Crippen molar-refractivity contribution in [1.82, 2.24) is 0 Å². The molecule has 0 aliphatic heterocycles. The number of ether oxygens (including phenoxy) is 2. The summed E-state index contributed by atoms with van der Waals surface area (Å²) in [5.74, 6) is -0.625. The molecule has 0 atom stereocenters. The molecule has 3 aromatic rings. The van der Waals surface area contributed by atoms with Gasteiger partial charge in [0.1, 0.15) is 11.3 Å². The summed E-state index contributed by atoms with van der Waals surface area (Å²) in [7, 11) is 0. The van der Waals surface area contributed by atoms with E-state index in [1.165, 1.54) is 12.1 Å². The number of carbonyl (C=O) groups is 3. The van der Waals surface area contributed by atoms with Gasteiger partial charge in [-0.1, -0.05) is 13.8 Å². The largest absolute Gasteiger partial charge is 0.482 e. The Morgan fingerprint density at radius 2 is 1.69 bits per heavy atom. The van der Waals surface area contributed by atoms with Crippen LogP contribution in [0, 0.1) is 5.92 Å². The zero-order valence-electron chi connectivity index (χ0n) is 17.8. The predicted molar refractivity (Wildman–Crippen MR) is 118 cm³/mol. The Hall–Kier alpha value is -3.94. The number of carbonyl (C=O) groups excluding carboxylic acids is 3. The molecule has 0 spiro atoms. The molecule has 0 bridgehead atoms. The molecule has 1 heterocycles. The Bertz CT molecular complexity index is 1180. The van der Waals surface area contributed by atoms with Gasteiger partial charge in [-0.15, -0.1) is 0 Å². The van der Waals surface area contributed by atoms with E-state index in [2.05, 4.69) is 5.32 Å². The van der Waals surface area contributed by atoms with Crippen LogP contribution in [0.25, 0.3) is 11.0 Å². The first-order chi connectivity index (χ1) is 15.3. The third-order valence-corrected chi connectivity index (χ3v) is 4.40. The normalized spacial score (nSPS) is 10.7.